The molecule has 4 aromatic rings. The summed E-state index contributed by atoms with van der Waals surface area (Å²) in [5.74, 6) is 1.37. The van der Waals surface area contributed by atoms with Gasteiger partial charge >= 0.3 is 6.18 Å². The van der Waals surface area contributed by atoms with Gasteiger partial charge in [-0.05, 0) is 24.3 Å². The first-order valence-corrected chi connectivity index (χ1v) is 9.68. The van der Waals surface area contributed by atoms with Crippen LogP contribution in [0.2, 0.25) is 0 Å². The summed E-state index contributed by atoms with van der Waals surface area (Å²) in [6, 6.07) is 15.0. The highest BCUT2D eigenvalue weighted by Gasteiger charge is 2.30. The quantitative estimate of drug-likeness (QED) is 0.450. The fourth-order valence-electron chi connectivity index (χ4n) is 3.79. The minimum atomic E-state index is -4.35. The van der Waals surface area contributed by atoms with E-state index in [4.69, 9.17) is 4.42 Å². The van der Waals surface area contributed by atoms with Gasteiger partial charge < -0.3 is 4.42 Å². The lowest BCUT2D eigenvalue weighted by molar-refractivity contribution is -0.137. The highest BCUT2D eigenvalue weighted by Crippen LogP contribution is 2.31. The molecule has 30 heavy (non-hydrogen) atoms. The number of halogens is 3. The third-order valence-electron chi connectivity index (χ3n) is 5.34. The second-order valence-corrected chi connectivity index (χ2v) is 7.45. The van der Waals surface area contributed by atoms with Crippen LogP contribution >= 0.6 is 0 Å². The molecule has 0 bridgehead atoms. The Hall–Kier alpha value is -3.19. The first-order chi connectivity index (χ1) is 14.5. The van der Waals surface area contributed by atoms with E-state index in [1.165, 1.54) is 12.1 Å². The van der Waals surface area contributed by atoms with E-state index in [0.717, 1.165) is 53.1 Å². The molecule has 0 atom stereocenters. The zero-order valence-electron chi connectivity index (χ0n) is 16.0. The van der Waals surface area contributed by atoms with Crippen LogP contribution in [0, 0.1) is 0 Å². The van der Waals surface area contributed by atoms with Crippen molar-refractivity contribution in [1.82, 2.24) is 14.9 Å². The molecule has 3 heterocycles. The van der Waals surface area contributed by atoms with Crippen LogP contribution in [0.5, 0.6) is 0 Å². The molecule has 1 aliphatic heterocycles. The lowest BCUT2D eigenvalue weighted by Crippen LogP contribution is -2.30. The maximum absolute atomic E-state index is 12.8. The molecule has 0 amide bonds. The van der Waals surface area contributed by atoms with Gasteiger partial charge in [-0.2, -0.15) is 13.2 Å². The molecule has 152 valence electrons. The Morgan fingerprint density at radius 1 is 1.03 bits per heavy atom. The molecule has 1 aliphatic rings. The van der Waals surface area contributed by atoms with Crippen molar-refractivity contribution < 1.29 is 17.6 Å². The standard InChI is InChI=1S/C23H18F3N3O/c24-23(25,26)18-7-5-15(6-8-18)22-27-12-17-13-29(10-9-20(17)28-22)14-19-11-16-3-1-2-4-21(16)30-19/h1-8,11-12H,9-10,13-14H2. The first-order valence-electron chi connectivity index (χ1n) is 9.68. The average molecular weight is 409 g/mol. The molecule has 0 aliphatic carbocycles. The predicted molar refractivity (Wildman–Crippen MR) is 107 cm³/mol. The van der Waals surface area contributed by atoms with Gasteiger partial charge in [-0.15, -0.1) is 0 Å². The van der Waals surface area contributed by atoms with E-state index >= 15 is 0 Å². The van der Waals surface area contributed by atoms with E-state index in [0.29, 0.717) is 24.5 Å². The van der Waals surface area contributed by atoms with Gasteiger partial charge in [0.25, 0.3) is 0 Å². The smallest absolute Gasteiger partial charge is 0.416 e. The summed E-state index contributed by atoms with van der Waals surface area (Å²) in [6.07, 6.45) is -1.82. The highest BCUT2D eigenvalue weighted by atomic mass is 19.4. The number of hydrogen-bond acceptors (Lipinski definition) is 4. The van der Waals surface area contributed by atoms with Crippen LogP contribution in [0.15, 0.2) is 65.2 Å². The zero-order chi connectivity index (χ0) is 20.7. The van der Waals surface area contributed by atoms with E-state index in [9.17, 15) is 13.2 Å². The monoisotopic (exact) mass is 409 g/mol. The maximum Gasteiger partial charge on any atom is 0.416 e. The number of fused-ring (bicyclic) bond motifs is 2. The fourth-order valence-corrected chi connectivity index (χ4v) is 3.79. The van der Waals surface area contributed by atoms with Crippen molar-refractivity contribution in [2.24, 2.45) is 0 Å². The van der Waals surface area contributed by atoms with Crippen LogP contribution in [0.1, 0.15) is 22.6 Å². The molecular weight excluding hydrogens is 391 g/mol. The molecule has 0 saturated carbocycles. The van der Waals surface area contributed by atoms with Gasteiger partial charge in [0.05, 0.1) is 17.8 Å². The van der Waals surface area contributed by atoms with Crippen LogP contribution in [-0.2, 0) is 25.7 Å². The number of nitrogens with zero attached hydrogens (tertiary/aromatic N) is 3. The Balaban J connectivity index is 1.32. The number of benzene rings is 2. The number of para-hydroxylation sites is 1. The van der Waals surface area contributed by atoms with Crippen molar-refractivity contribution in [3.8, 4) is 11.4 Å². The molecule has 0 saturated heterocycles. The third-order valence-corrected chi connectivity index (χ3v) is 5.34. The molecule has 7 heteroatoms. The Morgan fingerprint density at radius 3 is 2.60 bits per heavy atom. The average Bonchev–Trinajstić information content (AvgIpc) is 3.15. The van der Waals surface area contributed by atoms with E-state index in [-0.39, 0.29) is 0 Å². The molecule has 0 N–H and O–H groups in total. The SMILES string of the molecule is FC(F)(F)c1ccc(-c2ncc3c(n2)CCN(Cc2cc4ccccc4o2)C3)cc1. The van der Waals surface area contributed by atoms with Crippen molar-refractivity contribution in [2.45, 2.75) is 25.7 Å². The van der Waals surface area contributed by atoms with Gasteiger partial charge in [-0.25, -0.2) is 9.97 Å². The van der Waals surface area contributed by atoms with Crippen molar-refractivity contribution in [3.05, 3.63) is 83.4 Å². The van der Waals surface area contributed by atoms with Gasteiger partial charge in [0.1, 0.15) is 11.3 Å². The molecule has 5 rings (SSSR count). The van der Waals surface area contributed by atoms with Crippen LogP contribution in [-0.4, -0.2) is 21.4 Å². The highest BCUT2D eigenvalue weighted by molar-refractivity contribution is 5.77. The summed E-state index contributed by atoms with van der Waals surface area (Å²) in [6.45, 7) is 2.24. The minimum absolute atomic E-state index is 0.452. The number of rotatable bonds is 3. The molecular formula is C23H18F3N3O. The van der Waals surface area contributed by atoms with Gasteiger partial charge in [0.2, 0.25) is 0 Å². The topological polar surface area (TPSA) is 42.2 Å². The predicted octanol–water partition coefficient (Wildman–Crippen LogP) is 5.47. The summed E-state index contributed by atoms with van der Waals surface area (Å²) in [5, 5.41) is 1.09. The van der Waals surface area contributed by atoms with E-state index in [1.54, 1.807) is 6.20 Å². The third kappa shape index (κ3) is 3.68. The van der Waals surface area contributed by atoms with Gasteiger partial charge in [-0.1, -0.05) is 30.3 Å². The second-order valence-electron chi connectivity index (χ2n) is 7.45. The molecule has 0 spiro atoms. The van der Waals surface area contributed by atoms with Crippen molar-refractivity contribution in [1.29, 1.82) is 0 Å². The molecule has 2 aromatic carbocycles. The van der Waals surface area contributed by atoms with E-state index < -0.39 is 11.7 Å². The van der Waals surface area contributed by atoms with E-state index in [2.05, 4.69) is 20.9 Å². The number of furan rings is 1. The fraction of sp³-hybridized carbons (Fsp3) is 0.217. The Bertz CT molecular complexity index is 1170. The lowest BCUT2D eigenvalue weighted by atomic mass is 10.1. The van der Waals surface area contributed by atoms with Crippen molar-refractivity contribution in [2.75, 3.05) is 6.54 Å². The number of aromatic nitrogens is 2. The summed E-state index contributed by atoms with van der Waals surface area (Å²) in [5.41, 5.74) is 2.77. The summed E-state index contributed by atoms with van der Waals surface area (Å²) in [7, 11) is 0. The summed E-state index contributed by atoms with van der Waals surface area (Å²) < 4.78 is 44.2. The second kappa shape index (κ2) is 7.25. The van der Waals surface area contributed by atoms with Crippen molar-refractivity contribution >= 4 is 11.0 Å². The molecule has 0 radical (unpaired) electrons. The molecule has 0 fully saturated rings. The Labute approximate surface area is 171 Å². The zero-order valence-corrected chi connectivity index (χ0v) is 16.0. The minimum Gasteiger partial charge on any atom is -0.460 e. The van der Waals surface area contributed by atoms with Crippen LogP contribution < -0.4 is 0 Å². The van der Waals surface area contributed by atoms with Crippen LogP contribution in [0.25, 0.3) is 22.4 Å². The van der Waals surface area contributed by atoms with Crippen molar-refractivity contribution in [3.63, 3.8) is 0 Å². The van der Waals surface area contributed by atoms with Gasteiger partial charge in [-0.3, -0.25) is 4.90 Å². The number of hydrogen-bond donors (Lipinski definition) is 0. The van der Waals surface area contributed by atoms with E-state index in [1.807, 2.05) is 24.3 Å². The van der Waals surface area contributed by atoms with Crippen LogP contribution in [0.4, 0.5) is 13.2 Å². The first kappa shape index (κ1) is 18.8. The summed E-state index contributed by atoms with van der Waals surface area (Å²) >= 11 is 0. The molecule has 2 aromatic heterocycles. The normalized spacial score (nSPS) is 14.8. The lowest BCUT2D eigenvalue weighted by Gasteiger charge is -2.27. The summed E-state index contributed by atoms with van der Waals surface area (Å²) in [4.78, 5) is 11.3. The Morgan fingerprint density at radius 2 is 1.83 bits per heavy atom. The molecule has 4 nitrogen and oxygen atoms in total. The van der Waals surface area contributed by atoms with Gasteiger partial charge in [0.15, 0.2) is 5.82 Å². The van der Waals surface area contributed by atoms with Crippen LogP contribution in [0.3, 0.4) is 0 Å². The Kier molecular flexibility index (Phi) is 4.55. The number of alkyl halides is 3. The largest absolute Gasteiger partial charge is 0.460 e. The maximum atomic E-state index is 12.8. The molecule has 0 unspecified atom stereocenters. The van der Waals surface area contributed by atoms with Gasteiger partial charge in [0, 0.05) is 42.2 Å².